The average molecular weight is 234 g/mol. The van der Waals surface area contributed by atoms with E-state index in [0.29, 0.717) is 6.54 Å². The van der Waals surface area contributed by atoms with E-state index in [1.807, 2.05) is 6.92 Å². The molecule has 0 bridgehead atoms. The number of hydrogen-bond acceptors (Lipinski definition) is 3. The Kier molecular flexibility index (Phi) is 2.95. The summed E-state index contributed by atoms with van der Waals surface area (Å²) in [4.78, 5) is 23.6. The Balaban J connectivity index is 2.45. The molecule has 0 amide bonds. The third-order valence-corrected chi connectivity index (χ3v) is 2.58. The second-order valence-electron chi connectivity index (χ2n) is 3.83. The molecular weight excluding hydrogens is 220 g/mol. The molecule has 0 fully saturated rings. The van der Waals surface area contributed by atoms with E-state index in [0.717, 1.165) is 5.56 Å². The van der Waals surface area contributed by atoms with Gasteiger partial charge in [0.2, 0.25) is 0 Å². The van der Waals surface area contributed by atoms with Gasteiger partial charge in [0.25, 0.3) is 5.56 Å². The fraction of sp³-hybridized carbons (Fsp3) is 0.364. The summed E-state index contributed by atoms with van der Waals surface area (Å²) >= 11 is 0. The lowest BCUT2D eigenvalue weighted by Gasteiger charge is -2.06. The topological polar surface area (TPSA) is 61.8 Å². The lowest BCUT2D eigenvalue weighted by Crippen LogP contribution is -2.38. The normalized spacial score (nSPS) is 10.7. The van der Waals surface area contributed by atoms with Crippen molar-refractivity contribution in [3.63, 3.8) is 0 Å². The van der Waals surface area contributed by atoms with Crippen molar-refractivity contribution < 1.29 is 0 Å². The van der Waals surface area contributed by atoms with Gasteiger partial charge in [-0.3, -0.25) is 14.0 Å². The lowest BCUT2D eigenvalue weighted by atomic mass is 10.3. The molecule has 0 radical (unpaired) electrons. The Hall–Kier alpha value is -2.11. The van der Waals surface area contributed by atoms with Crippen LogP contribution in [-0.2, 0) is 20.1 Å². The van der Waals surface area contributed by atoms with Crippen LogP contribution in [0.15, 0.2) is 34.2 Å². The fourth-order valence-electron chi connectivity index (χ4n) is 1.68. The highest BCUT2D eigenvalue weighted by Gasteiger charge is 2.05. The van der Waals surface area contributed by atoms with E-state index in [9.17, 15) is 9.59 Å². The lowest BCUT2D eigenvalue weighted by molar-refractivity contribution is 0.599. The number of nitrogens with zero attached hydrogens (tertiary/aromatic N) is 4. The van der Waals surface area contributed by atoms with Crippen molar-refractivity contribution in [2.24, 2.45) is 7.05 Å². The van der Waals surface area contributed by atoms with Gasteiger partial charge in [-0.05, 0) is 6.92 Å². The summed E-state index contributed by atoms with van der Waals surface area (Å²) in [6, 6.07) is 1.40. The number of hydrogen-bond donors (Lipinski definition) is 0. The van der Waals surface area contributed by atoms with E-state index in [4.69, 9.17) is 0 Å². The van der Waals surface area contributed by atoms with E-state index in [1.165, 1.54) is 21.4 Å². The maximum Gasteiger partial charge on any atom is 0.331 e. The summed E-state index contributed by atoms with van der Waals surface area (Å²) in [6.07, 6.45) is 4.95. The molecular formula is C11H14N4O2. The van der Waals surface area contributed by atoms with Crippen molar-refractivity contribution in [3.05, 3.63) is 51.1 Å². The highest BCUT2D eigenvalue weighted by Crippen LogP contribution is 1.96. The second-order valence-corrected chi connectivity index (χ2v) is 3.83. The Morgan fingerprint density at radius 2 is 2.12 bits per heavy atom. The maximum absolute atomic E-state index is 11.9. The molecule has 2 aromatic rings. The van der Waals surface area contributed by atoms with Gasteiger partial charge in [-0.2, -0.15) is 5.10 Å². The van der Waals surface area contributed by atoms with Crippen molar-refractivity contribution >= 4 is 0 Å². The zero-order valence-electron chi connectivity index (χ0n) is 9.83. The van der Waals surface area contributed by atoms with Crippen molar-refractivity contribution in [3.8, 4) is 0 Å². The van der Waals surface area contributed by atoms with Gasteiger partial charge in [0.05, 0.1) is 12.7 Å². The summed E-state index contributed by atoms with van der Waals surface area (Å²) in [6.45, 7) is 2.67. The summed E-state index contributed by atoms with van der Waals surface area (Å²) in [5.41, 5.74) is 0.257. The Morgan fingerprint density at radius 3 is 2.71 bits per heavy atom. The molecule has 6 heteroatoms. The minimum atomic E-state index is -0.288. The van der Waals surface area contributed by atoms with Crippen LogP contribution in [0.5, 0.6) is 0 Å². The molecule has 0 spiro atoms. The maximum atomic E-state index is 11.9. The van der Waals surface area contributed by atoms with Crippen molar-refractivity contribution in [2.45, 2.75) is 20.0 Å². The third-order valence-electron chi connectivity index (χ3n) is 2.58. The first-order chi connectivity index (χ1) is 8.11. The van der Waals surface area contributed by atoms with E-state index in [1.54, 1.807) is 24.1 Å². The first-order valence-corrected chi connectivity index (χ1v) is 5.39. The summed E-state index contributed by atoms with van der Waals surface area (Å²) in [5, 5.41) is 4.01. The number of rotatable bonds is 3. The van der Waals surface area contributed by atoms with Crippen LogP contribution in [0.1, 0.15) is 12.5 Å². The molecule has 0 aliphatic rings. The fourth-order valence-corrected chi connectivity index (χ4v) is 1.68. The van der Waals surface area contributed by atoms with E-state index >= 15 is 0 Å². The number of aryl methyl sites for hydroxylation is 2. The summed E-state index contributed by atoms with van der Waals surface area (Å²) in [5.74, 6) is 0. The first-order valence-electron chi connectivity index (χ1n) is 5.39. The molecule has 6 nitrogen and oxygen atoms in total. The Bertz CT molecular complexity index is 635. The van der Waals surface area contributed by atoms with Crippen molar-refractivity contribution in [1.82, 2.24) is 18.9 Å². The molecule has 2 aromatic heterocycles. The quantitative estimate of drug-likeness (QED) is 0.739. The third kappa shape index (κ3) is 2.20. The molecule has 0 aromatic carbocycles. The van der Waals surface area contributed by atoms with Crippen LogP contribution in [0.2, 0.25) is 0 Å². The highest BCUT2D eigenvalue weighted by atomic mass is 16.2. The van der Waals surface area contributed by atoms with Gasteiger partial charge in [0.1, 0.15) is 0 Å². The second kappa shape index (κ2) is 4.40. The largest absolute Gasteiger partial charge is 0.331 e. The van der Waals surface area contributed by atoms with E-state index < -0.39 is 0 Å². The van der Waals surface area contributed by atoms with E-state index in [2.05, 4.69) is 5.10 Å². The van der Waals surface area contributed by atoms with Gasteiger partial charge in [0.15, 0.2) is 0 Å². The van der Waals surface area contributed by atoms with Gasteiger partial charge in [-0.1, -0.05) is 0 Å². The van der Waals surface area contributed by atoms with Crippen LogP contribution in [0, 0.1) is 0 Å². The van der Waals surface area contributed by atoms with Crippen LogP contribution in [0.4, 0.5) is 0 Å². The minimum absolute atomic E-state index is 0.256. The molecule has 17 heavy (non-hydrogen) atoms. The number of aromatic nitrogens is 4. The first kappa shape index (κ1) is 11.4. The smallest absolute Gasteiger partial charge is 0.301 e. The van der Waals surface area contributed by atoms with Crippen molar-refractivity contribution in [2.75, 3.05) is 0 Å². The highest BCUT2D eigenvalue weighted by molar-refractivity contribution is 5.05. The van der Waals surface area contributed by atoms with Crippen LogP contribution in [-0.4, -0.2) is 18.9 Å². The van der Waals surface area contributed by atoms with Crippen LogP contribution >= 0.6 is 0 Å². The molecule has 2 rings (SSSR count). The average Bonchev–Trinajstić information content (AvgIpc) is 2.70. The van der Waals surface area contributed by atoms with Gasteiger partial charge in [-0.15, -0.1) is 0 Å². The van der Waals surface area contributed by atoms with Crippen LogP contribution in [0.25, 0.3) is 0 Å². The molecule has 0 saturated heterocycles. The van der Waals surface area contributed by atoms with Gasteiger partial charge < -0.3 is 4.57 Å². The molecule has 0 aliphatic carbocycles. The molecule has 0 unspecified atom stereocenters. The molecule has 0 atom stereocenters. The summed E-state index contributed by atoms with van der Waals surface area (Å²) < 4.78 is 4.35. The predicted octanol–water partition coefficient (Wildman–Crippen LogP) is -0.188. The molecule has 90 valence electrons. The molecule has 0 N–H and O–H groups in total. The zero-order chi connectivity index (χ0) is 12.4. The standard InChI is InChI=1S/C11H14N4O2/c1-3-14-5-4-10(16)15(11(14)17)8-9-6-12-13(2)7-9/h4-7H,3,8H2,1-2H3. The molecule has 0 aliphatic heterocycles. The minimum Gasteiger partial charge on any atom is -0.301 e. The Morgan fingerprint density at radius 1 is 1.35 bits per heavy atom. The Labute approximate surface area is 97.7 Å². The SMILES string of the molecule is CCn1ccc(=O)n(Cc2cnn(C)c2)c1=O. The van der Waals surface area contributed by atoms with Crippen LogP contribution < -0.4 is 11.2 Å². The summed E-state index contributed by atoms with van der Waals surface area (Å²) in [7, 11) is 1.79. The van der Waals surface area contributed by atoms with Gasteiger partial charge in [0, 0.05) is 37.6 Å². The molecule has 0 saturated carbocycles. The van der Waals surface area contributed by atoms with Gasteiger partial charge in [-0.25, -0.2) is 4.79 Å². The monoisotopic (exact) mass is 234 g/mol. The van der Waals surface area contributed by atoms with Crippen LogP contribution in [0.3, 0.4) is 0 Å². The van der Waals surface area contributed by atoms with Crippen molar-refractivity contribution in [1.29, 1.82) is 0 Å². The predicted molar refractivity (Wildman–Crippen MR) is 62.9 cm³/mol. The molecule has 2 heterocycles. The van der Waals surface area contributed by atoms with E-state index in [-0.39, 0.29) is 17.8 Å². The van der Waals surface area contributed by atoms with Gasteiger partial charge >= 0.3 is 5.69 Å². The zero-order valence-corrected chi connectivity index (χ0v) is 9.83.